The van der Waals surface area contributed by atoms with Gasteiger partial charge < -0.3 is 5.32 Å². The second-order valence-corrected chi connectivity index (χ2v) is 8.12. The molecule has 154 valence electrons. The van der Waals surface area contributed by atoms with Crippen molar-refractivity contribution in [2.75, 3.05) is 0 Å². The smallest absolute Gasteiger partial charge is 0.352 e. The molecule has 29 heavy (non-hydrogen) atoms. The van der Waals surface area contributed by atoms with Crippen LogP contribution in [0.2, 0.25) is 15.1 Å². The van der Waals surface area contributed by atoms with Gasteiger partial charge in [-0.3, -0.25) is 4.79 Å². The Hall–Kier alpha value is -1.69. The topological polar surface area (TPSA) is 29.1 Å². The van der Waals surface area contributed by atoms with Gasteiger partial charge in [0.25, 0.3) is 0 Å². The van der Waals surface area contributed by atoms with Gasteiger partial charge in [0.2, 0.25) is 5.91 Å². The number of hydrogen-bond donors (Lipinski definition) is 1. The molecule has 1 unspecified atom stereocenters. The van der Waals surface area contributed by atoms with Crippen molar-refractivity contribution >= 4 is 46.8 Å². The van der Waals surface area contributed by atoms with E-state index in [1.54, 1.807) is 18.2 Å². The Balaban J connectivity index is 1.75. The van der Waals surface area contributed by atoms with Crippen LogP contribution in [0, 0.1) is 5.92 Å². The molecule has 0 spiro atoms. The molecular formula is C21H17Cl3F3NO. The lowest BCUT2D eigenvalue weighted by molar-refractivity contribution is -0.139. The van der Waals surface area contributed by atoms with E-state index in [1.807, 2.05) is 0 Å². The predicted octanol–water partition coefficient (Wildman–Crippen LogP) is 7.03. The third kappa shape index (κ3) is 5.91. The highest BCUT2D eigenvalue weighted by Crippen LogP contribution is 2.38. The Kier molecular flexibility index (Phi) is 6.82. The number of carbonyl (C=O) groups excluding carboxylic acids is 1. The summed E-state index contributed by atoms with van der Waals surface area (Å²) in [7, 11) is 0. The van der Waals surface area contributed by atoms with Gasteiger partial charge in [-0.05, 0) is 47.7 Å². The van der Waals surface area contributed by atoms with Crippen molar-refractivity contribution in [3.8, 4) is 0 Å². The molecule has 1 aliphatic carbocycles. The van der Waals surface area contributed by atoms with Crippen LogP contribution in [0.1, 0.15) is 35.4 Å². The normalized spacial score (nSPS) is 15.5. The first-order valence-corrected chi connectivity index (χ1v) is 10.0. The Bertz CT molecular complexity index is 939. The fourth-order valence-electron chi connectivity index (χ4n) is 2.81. The highest BCUT2D eigenvalue weighted by Gasteiger charge is 2.39. The van der Waals surface area contributed by atoms with E-state index in [0.717, 1.165) is 18.9 Å². The molecule has 1 saturated carbocycles. The largest absolute Gasteiger partial charge is 0.399 e. The molecule has 0 aliphatic heterocycles. The molecule has 2 nitrogen and oxygen atoms in total. The monoisotopic (exact) mass is 461 g/mol. The van der Waals surface area contributed by atoms with Crippen LogP contribution in [0.15, 0.2) is 42.5 Å². The van der Waals surface area contributed by atoms with Gasteiger partial charge in [0.1, 0.15) is 0 Å². The maximum Gasteiger partial charge on any atom is 0.399 e. The third-order valence-electron chi connectivity index (χ3n) is 4.61. The third-order valence-corrected chi connectivity index (χ3v) is 5.71. The van der Waals surface area contributed by atoms with Crippen molar-refractivity contribution in [2.45, 2.75) is 31.5 Å². The number of carbonyl (C=O) groups is 1. The second kappa shape index (κ2) is 8.99. The number of rotatable bonds is 6. The summed E-state index contributed by atoms with van der Waals surface area (Å²) in [5, 5.41) is 3.44. The van der Waals surface area contributed by atoms with Crippen molar-refractivity contribution in [1.29, 1.82) is 0 Å². The average Bonchev–Trinajstić information content (AvgIpc) is 3.48. The van der Waals surface area contributed by atoms with Gasteiger partial charge in [0, 0.05) is 17.5 Å². The van der Waals surface area contributed by atoms with E-state index in [9.17, 15) is 18.0 Å². The molecule has 1 fully saturated rings. The van der Waals surface area contributed by atoms with E-state index < -0.39 is 12.1 Å². The van der Waals surface area contributed by atoms with Crippen molar-refractivity contribution in [3.05, 3.63) is 74.2 Å². The number of halogens is 6. The number of allylic oxidation sites excluding steroid dienone is 1. The van der Waals surface area contributed by atoms with Crippen molar-refractivity contribution in [2.24, 2.45) is 5.92 Å². The fraction of sp³-hybridized carbons (Fsp3) is 0.286. The Morgan fingerprint density at radius 2 is 1.79 bits per heavy atom. The lowest BCUT2D eigenvalue weighted by Crippen LogP contribution is -2.24. The number of amides is 1. The summed E-state index contributed by atoms with van der Waals surface area (Å²) in [6.07, 6.45) is -0.269. The molecule has 3 rings (SSSR count). The lowest BCUT2D eigenvalue weighted by Gasteiger charge is -2.18. The minimum Gasteiger partial charge on any atom is -0.352 e. The number of hydrogen-bond acceptors (Lipinski definition) is 1. The zero-order chi connectivity index (χ0) is 21.2. The summed E-state index contributed by atoms with van der Waals surface area (Å²) in [4.78, 5) is 11.7. The minimum atomic E-state index is -4.50. The van der Waals surface area contributed by atoms with Crippen molar-refractivity contribution < 1.29 is 18.0 Å². The molecule has 2 aromatic rings. The van der Waals surface area contributed by atoms with Gasteiger partial charge in [-0.1, -0.05) is 65.2 Å². The SMILES string of the molecule is O=C(NCc1ccc(C=CC(c2ccc(Cl)c(Cl)c2)C(F)(F)F)cc1Cl)C1CC1. The first-order chi connectivity index (χ1) is 13.6. The van der Waals surface area contributed by atoms with Gasteiger partial charge >= 0.3 is 6.18 Å². The molecule has 0 aromatic heterocycles. The van der Waals surface area contributed by atoms with Gasteiger partial charge in [-0.2, -0.15) is 13.2 Å². The van der Waals surface area contributed by atoms with E-state index in [1.165, 1.54) is 24.3 Å². The lowest BCUT2D eigenvalue weighted by atomic mass is 9.97. The summed E-state index contributed by atoms with van der Waals surface area (Å²) >= 11 is 17.9. The minimum absolute atomic E-state index is 0.000293. The van der Waals surface area contributed by atoms with E-state index in [2.05, 4.69) is 5.32 Å². The molecule has 0 radical (unpaired) electrons. The maximum atomic E-state index is 13.5. The van der Waals surface area contributed by atoms with Crippen LogP contribution >= 0.6 is 34.8 Å². The second-order valence-electron chi connectivity index (χ2n) is 6.89. The van der Waals surface area contributed by atoms with Crippen LogP contribution in [0.25, 0.3) is 6.08 Å². The molecule has 0 saturated heterocycles. The van der Waals surface area contributed by atoms with Gasteiger partial charge in [0.05, 0.1) is 16.0 Å². The Morgan fingerprint density at radius 3 is 2.38 bits per heavy atom. The molecular weight excluding hydrogens is 446 g/mol. The maximum absolute atomic E-state index is 13.5. The molecule has 1 amide bonds. The summed E-state index contributed by atoms with van der Waals surface area (Å²) in [6, 6.07) is 8.77. The van der Waals surface area contributed by atoms with Gasteiger partial charge in [0.15, 0.2) is 0 Å². The zero-order valence-corrected chi connectivity index (χ0v) is 17.3. The first kappa shape index (κ1) is 22.0. The van der Waals surface area contributed by atoms with Gasteiger partial charge in [-0.25, -0.2) is 0 Å². The number of benzene rings is 2. The summed E-state index contributed by atoms with van der Waals surface area (Å²) in [6.45, 7) is 0.284. The van der Waals surface area contributed by atoms with Crippen molar-refractivity contribution in [1.82, 2.24) is 5.32 Å². The molecule has 0 bridgehead atoms. The van der Waals surface area contributed by atoms with Gasteiger partial charge in [-0.15, -0.1) is 0 Å². The van der Waals surface area contributed by atoms with Crippen molar-refractivity contribution in [3.63, 3.8) is 0 Å². The first-order valence-electron chi connectivity index (χ1n) is 8.91. The van der Waals surface area contributed by atoms with Crippen LogP contribution in [0.3, 0.4) is 0 Å². The van der Waals surface area contributed by atoms with Crippen LogP contribution in [0.4, 0.5) is 13.2 Å². The predicted molar refractivity (Wildman–Crippen MR) is 110 cm³/mol. The van der Waals surface area contributed by atoms with E-state index >= 15 is 0 Å². The van der Waals surface area contributed by atoms with Crippen LogP contribution < -0.4 is 5.32 Å². The van der Waals surface area contributed by atoms with Crippen LogP contribution in [0.5, 0.6) is 0 Å². The van der Waals surface area contributed by atoms with Crippen LogP contribution in [-0.2, 0) is 11.3 Å². The van der Waals surface area contributed by atoms with Crippen LogP contribution in [-0.4, -0.2) is 12.1 Å². The number of nitrogens with one attached hydrogen (secondary N) is 1. The quantitative estimate of drug-likeness (QED) is 0.490. The molecule has 0 heterocycles. The zero-order valence-electron chi connectivity index (χ0n) is 15.1. The van der Waals surface area contributed by atoms with E-state index in [0.29, 0.717) is 16.1 Å². The fourth-order valence-corrected chi connectivity index (χ4v) is 3.37. The number of alkyl halides is 3. The summed E-state index contributed by atoms with van der Waals surface area (Å²) in [5.41, 5.74) is 1.21. The summed E-state index contributed by atoms with van der Waals surface area (Å²) < 4.78 is 40.6. The highest BCUT2D eigenvalue weighted by molar-refractivity contribution is 6.42. The molecule has 2 aromatic carbocycles. The highest BCUT2D eigenvalue weighted by atomic mass is 35.5. The van der Waals surface area contributed by atoms with E-state index in [4.69, 9.17) is 34.8 Å². The molecule has 8 heteroatoms. The Morgan fingerprint density at radius 1 is 1.07 bits per heavy atom. The molecule has 1 N–H and O–H groups in total. The average molecular weight is 463 g/mol. The summed E-state index contributed by atoms with van der Waals surface area (Å²) in [5.74, 6) is -1.75. The van der Waals surface area contributed by atoms with E-state index in [-0.39, 0.29) is 34.0 Å². The molecule has 1 atom stereocenters. The standard InChI is InChI=1S/C21H17Cl3F3NO/c22-17-8-6-14(10-19(17)24)16(21(25,26)27)7-2-12-1-3-15(18(23)9-12)11-28-20(29)13-4-5-13/h1-3,6-10,13,16H,4-5,11H2,(H,28,29). The molecule has 1 aliphatic rings. The Labute approximate surface area is 181 Å².